The van der Waals surface area contributed by atoms with E-state index in [9.17, 15) is 26.3 Å². The highest BCUT2D eigenvalue weighted by Gasteiger charge is 2.38. The summed E-state index contributed by atoms with van der Waals surface area (Å²) in [5, 5.41) is 10.8. The molecule has 178 valence electrons. The number of nitrogens with zero attached hydrogens (tertiary/aromatic N) is 5. The Morgan fingerprint density at radius 3 is 2.24 bits per heavy atom. The van der Waals surface area contributed by atoms with Crippen LogP contribution in [0.1, 0.15) is 43.0 Å². The summed E-state index contributed by atoms with van der Waals surface area (Å²) in [5.41, 5.74) is 1.11. The van der Waals surface area contributed by atoms with E-state index in [2.05, 4.69) is 15.3 Å². The maximum absolute atomic E-state index is 13.1. The van der Waals surface area contributed by atoms with Crippen LogP contribution in [0.3, 0.4) is 0 Å². The van der Waals surface area contributed by atoms with E-state index < -0.39 is 24.6 Å². The third-order valence-corrected chi connectivity index (χ3v) is 5.55. The first-order chi connectivity index (χ1) is 15.6. The second kappa shape index (κ2) is 9.06. The molecule has 1 saturated heterocycles. The highest BCUT2D eigenvalue weighted by Crippen LogP contribution is 2.32. The standard InChI is InChI=1S/C21H21F6N5O/c22-20(23,24)10-1-13-33-16-4-2-14(3-5-16)15-8-11-31(12-9-15)18-7-6-17-28-29-19(21(25,26)27)32(17)30-18/h2-7,15H,1,8-13H2. The smallest absolute Gasteiger partial charge is 0.453 e. The maximum atomic E-state index is 13.1. The Kier molecular flexibility index (Phi) is 6.35. The Bertz CT molecular complexity index is 1070. The van der Waals surface area contributed by atoms with Crippen LogP contribution in [-0.2, 0) is 6.18 Å². The minimum absolute atomic E-state index is 0.00290. The van der Waals surface area contributed by atoms with Crippen molar-refractivity contribution in [3.63, 3.8) is 0 Å². The maximum Gasteiger partial charge on any atom is 0.453 e. The quantitative estimate of drug-likeness (QED) is 0.362. The molecule has 0 unspecified atom stereocenters. The average molecular weight is 473 g/mol. The van der Waals surface area contributed by atoms with Crippen LogP contribution in [0.2, 0.25) is 0 Å². The summed E-state index contributed by atoms with van der Waals surface area (Å²) in [4.78, 5) is 1.92. The van der Waals surface area contributed by atoms with Crippen molar-refractivity contribution in [3.8, 4) is 5.75 Å². The van der Waals surface area contributed by atoms with E-state index in [4.69, 9.17) is 4.74 Å². The SMILES string of the molecule is FC(F)(F)CCCOc1ccc(C2CCN(c3ccc4nnc(C(F)(F)F)n4n3)CC2)cc1. The number of benzene rings is 1. The summed E-state index contributed by atoms with van der Waals surface area (Å²) in [7, 11) is 0. The van der Waals surface area contributed by atoms with E-state index in [1.807, 2.05) is 17.0 Å². The van der Waals surface area contributed by atoms with E-state index in [0.29, 0.717) is 24.7 Å². The topological polar surface area (TPSA) is 55.5 Å². The summed E-state index contributed by atoms with van der Waals surface area (Å²) in [5.74, 6) is 0.0407. The minimum Gasteiger partial charge on any atom is -0.494 e. The summed E-state index contributed by atoms with van der Waals surface area (Å²) in [6.45, 7) is 1.22. The molecule has 3 heterocycles. The van der Waals surface area contributed by atoms with Gasteiger partial charge in [-0.1, -0.05) is 12.1 Å². The fourth-order valence-corrected chi connectivity index (χ4v) is 3.87. The van der Waals surface area contributed by atoms with Crippen molar-refractivity contribution in [2.24, 2.45) is 0 Å². The van der Waals surface area contributed by atoms with E-state index >= 15 is 0 Å². The number of fused-ring (bicyclic) bond motifs is 1. The summed E-state index contributed by atoms with van der Waals surface area (Å²) in [6.07, 6.45) is -8.24. The number of aromatic nitrogens is 4. The zero-order chi connectivity index (χ0) is 23.6. The molecule has 3 aromatic rings. The van der Waals surface area contributed by atoms with Gasteiger partial charge in [0.2, 0.25) is 0 Å². The normalized spacial score (nSPS) is 15.9. The lowest BCUT2D eigenvalue weighted by Gasteiger charge is -2.33. The van der Waals surface area contributed by atoms with Gasteiger partial charge in [-0.05, 0) is 55.0 Å². The van der Waals surface area contributed by atoms with Crippen molar-refractivity contribution in [3.05, 3.63) is 47.8 Å². The second-order valence-electron chi connectivity index (χ2n) is 7.88. The molecule has 0 atom stereocenters. The summed E-state index contributed by atoms with van der Waals surface area (Å²) >= 11 is 0. The van der Waals surface area contributed by atoms with Crippen LogP contribution in [0.4, 0.5) is 32.2 Å². The molecule has 0 saturated carbocycles. The highest BCUT2D eigenvalue weighted by atomic mass is 19.4. The Morgan fingerprint density at radius 1 is 0.909 bits per heavy atom. The fraction of sp³-hybridized carbons (Fsp3) is 0.476. The third-order valence-electron chi connectivity index (χ3n) is 5.55. The molecule has 1 aliphatic rings. The molecular weight excluding hydrogens is 452 g/mol. The van der Waals surface area contributed by atoms with Crippen LogP contribution >= 0.6 is 0 Å². The molecule has 0 spiro atoms. The van der Waals surface area contributed by atoms with Gasteiger partial charge in [0.05, 0.1) is 6.61 Å². The van der Waals surface area contributed by atoms with Crippen LogP contribution in [0, 0.1) is 0 Å². The van der Waals surface area contributed by atoms with E-state index in [-0.39, 0.29) is 24.6 Å². The van der Waals surface area contributed by atoms with Crippen LogP contribution in [-0.4, -0.2) is 45.7 Å². The Balaban J connectivity index is 1.33. The van der Waals surface area contributed by atoms with Gasteiger partial charge >= 0.3 is 12.4 Å². The number of hydrogen-bond acceptors (Lipinski definition) is 5. The summed E-state index contributed by atoms with van der Waals surface area (Å²) < 4.78 is 81.9. The molecule has 0 bridgehead atoms. The number of piperidine rings is 1. The van der Waals surface area contributed by atoms with Crippen molar-refractivity contribution >= 4 is 11.5 Å². The molecule has 1 aromatic carbocycles. The molecule has 0 amide bonds. The van der Waals surface area contributed by atoms with E-state index in [0.717, 1.165) is 22.9 Å². The van der Waals surface area contributed by atoms with Crippen molar-refractivity contribution in [1.29, 1.82) is 0 Å². The third kappa shape index (κ3) is 5.66. The molecule has 1 fully saturated rings. The predicted octanol–water partition coefficient (Wildman–Crippen LogP) is 5.25. The van der Waals surface area contributed by atoms with Gasteiger partial charge in [0.15, 0.2) is 5.65 Å². The van der Waals surface area contributed by atoms with Crippen molar-refractivity contribution in [1.82, 2.24) is 19.8 Å². The van der Waals surface area contributed by atoms with Crippen LogP contribution in [0.25, 0.3) is 5.65 Å². The lowest BCUT2D eigenvalue weighted by Crippen LogP contribution is -2.34. The molecule has 1 aliphatic heterocycles. The minimum atomic E-state index is -4.65. The molecule has 0 radical (unpaired) electrons. The number of hydrogen-bond donors (Lipinski definition) is 0. The predicted molar refractivity (Wildman–Crippen MR) is 107 cm³/mol. The molecule has 0 N–H and O–H groups in total. The molecule has 6 nitrogen and oxygen atoms in total. The van der Waals surface area contributed by atoms with Gasteiger partial charge in [0, 0.05) is 19.5 Å². The number of anilines is 1. The Labute approximate surface area is 185 Å². The van der Waals surface area contributed by atoms with Crippen molar-refractivity contribution in [2.75, 3.05) is 24.6 Å². The van der Waals surface area contributed by atoms with Crippen LogP contribution in [0.5, 0.6) is 5.75 Å². The zero-order valence-electron chi connectivity index (χ0n) is 17.4. The molecule has 4 rings (SSSR count). The molecule has 2 aromatic heterocycles. The lowest BCUT2D eigenvalue weighted by atomic mass is 9.89. The monoisotopic (exact) mass is 473 g/mol. The molecule has 12 heteroatoms. The number of halogens is 6. The molecular formula is C21H21F6N5O. The number of rotatable bonds is 6. The first-order valence-electron chi connectivity index (χ1n) is 10.4. The molecule has 0 aliphatic carbocycles. The Morgan fingerprint density at radius 2 is 1.61 bits per heavy atom. The number of ether oxygens (including phenoxy) is 1. The van der Waals surface area contributed by atoms with Gasteiger partial charge in [0.25, 0.3) is 5.82 Å². The Hall–Kier alpha value is -3.05. The van der Waals surface area contributed by atoms with Crippen molar-refractivity contribution < 1.29 is 31.1 Å². The largest absolute Gasteiger partial charge is 0.494 e. The van der Waals surface area contributed by atoms with Crippen molar-refractivity contribution in [2.45, 2.75) is 44.0 Å². The van der Waals surface area contributed by atoms with Gasteiger partial charge in [-0.25, -0.2) is 0 Å². The van der Waals surface area contributed by atoms with E-state index in [1.165, 1.54) is 6.07 Å². The van der Waals surface area contributed by atoms with Gasteiger partial charge in [-0.15, -0.1) is 15.3 Å². The van der Waals surface area contributed by atoms with Gasteiger partial charge in [-0.3, -0.25) is 0 Å². The van der Waals surface area contributed by atoms with Crippen LogP contribution in [0.15, 0.2) is 36.4 Å². The zero-order valence-corrected chi connectivity index (χ0v) is 17.4. The average Bonchev–Trinajstić information content (AvgIpc) is 3.21. The highest BCUT2D eigenvalue weighted by molar-refractivity contribution is 5.46. The van der Waals surface area contributed by atoms with Gasteiger partial charge in [0.1, 0.15) is 11.6 Å². The fourth-order valence-electron chi connectivity index (χ4n) is 3.87. The van der Waals surface area contributed by atoms with Crippen LogP contribution < -0.4 is 9.64 Å². The first-order valence-corrected chi connectivity index (χ1v) is 10.4. The lowest BCUT2D eigenvalue weighted by molar-refractivity contribution is -0.146. The number of alkyl halides is 6. The van der Waals surface area contributed by atoms with Gasteiger partial charge < -0.3 is 9.64 Å². The second-order valence-corrected chi connectivity index (χ2v) is 7.88. The summed E-state index contributed by atoms with van der Waals surface area (Å²) in [6, 6.07) is 10.4. The first kappa shape index (κ1) is 23.1. The van der Waals surface area contributed by atoms with E-state index in [1.54, 1.807) is 18.2 Å². The van der Waals surface area contributed by atoms with Gasteiger partial charge in [-0.2, -0.15) is 30.9 Å². The molecule has 33 heavy (non-hydrogen) atoms.